The lowest BCUT2D eigenvalue weighted by molar-refractivity contribution is -0.127. The quantitative estimate of drug-likeness (QED) is 0.924. The van der Waals surface area contributed by atoms with Gasteiger partial charge in [-0.05, 0) is 37.0 Å². The number of carbonyl (C=O) groups excluding carboxylic acids is 1. The molecule has 0 radical (unpaired) electrons. The summed E-state index contributed by atoms with van der Waals surface area (Å²) in [5.41, 5.74) is 1.12. The fourth-order valence-corrected chi connectivity index (χ4v) is 3.49. The monoisotopic (exact) mass is 338 g/mol. The van der Waals surface area contributed by atoms with Crippen LogP contribution in [0.1, 0.15) is 18.4 Å². The molecule has 2 aromatic rings. The number of aromatic nitrogens is 2. The molecule has 1 amide bonds. The van der Waals surface area contributed by atoms with Crippen molar-refractivity contribution in [1.29, 1.82) is 0 Å². The highest BCUT2D eigenvalue weighted by Crippen LogP contribution is 2.27. The molecule has 6 heteroatoms. The minimum absolute atomic E-state index is 0.101. The Kier molecular flexibility index (Phi) is 4.50. The summed E-state index contributed by atoms with van der Waals surface area (Å²) in [5, 5.41) is 3.20. The number of hydrogen-bond acceptors (Lipinski definition) is 5. The first kappa shape index (κ1) is 15.9. The van der Waals surface area contributed by atoms with Crippen molar-refractivity contribution < 1.29 is 9.53 Å². The van der Waals surface area contributed by atoms with Crippen LogP contribution in [0.5, 0.6) is 5.75 Å². The second-order valence-electron chi connectivity index (χ2n) is 6.64. The zero-order chi connectivity index (χ0) is 17.1. The van der Waals surface area contributed by atoms with Crippen LogP contribution in [0.2, 0.25) is 0 Å². The second kappa shape index (κ2) is 7.09. The summed E-state index contributed by atoms with van der Waals surface area (Å²) >= 11 is 0. The lowest BCUT2D eigenvalue weighted by Gasteiger charge is -2.33. The molecule has 6 nitrogen and oxygen atoms in total. The number of piperidine rings is 1. The molecule has 1 aromatic carbocycles. The summed E-state index contributed by atoms with van der Waals surface area (Å²) in [4.78, 5) is 23.4. The second-order valence-corrected chi connectivity index (χ2v) is 6.64. The molecule has 25 heavy (non-hydrogen) atoms. The summed E-state index contributed by atoms with van der Waals surface area (Å²) in [6.45, 7) is 2.18. The zero-order valence-corrected chi connectivity index (χ0v) is 14.1. The maximum absolute atomic E-state index is 12.6. The van der Waals surface area contributed by atoms with Crippen molar-refractivity contribution in [3.63, 3.8) is 0 Å². The molecule has 1 atom stereocenters. The van der Waals surface area contributed by atoms with E-state index in [4.69, 9.17) is 4.74 Å². The van der Waals surface area contributed by atoms with Crippen LogP contribution in [0.4, 0.5) is 5.95 Å². The van der Waals surface area contributed by atoms with Crippen molar-refractivity contribution in [2.75, 3.05) is 24.6 Å². The Morgan fingerprint density at radius 1 is 1.12 bits per heavy atom. The van der Waals surface area contributed by atoms with Gasteiger partial charge in [-0.15, -0.1) is 0 Å². The van der Waals surface area contributed by atoms with Gasteiger partial charge in [0.05, 0.1) is 5.92 Å². The Bertz CT molecular complexity index is 729. The Hall–Kier alpha value is -2.63. The van der Waals surface area contributed by atoms with Crippen LogP contribution < -0.4 is 15.0 Å². The summed E-state index contributed by atoms with van der Waals surface area (Å²) < 4.78 is 5.74. The molecule has 1 saturated heterocycles. The fraction of sp³-hybridized carbons (Fsp3) is 0.421. The Morgan fingerprint density at radius 2 is 1.88 bits per heavy atom. The summed E-state index contributed by atoms with van der Waals surface area (Å²) in [5.74, 6) is 1.67. The highest BCUT2D eigenvalue weighted by atomic mass is 16.5. The first-order valence-corrected chi connectivity index (χ1v) is 8.82. The maximum Gasteiger partial charge on any atom is 0.227 e. The van der Waals surface area contributed by atoms with Crippen LogP contribution >= 0.6 is 0 Å². The van der Waals surface area contributed by atoms with Crippen LogP contribution in [0.25, 0.3) is 0 Å². The van der Waals surface area contributed by atoms with Gasteiger partial charge in [0.2, 0.25) is 11.9 Å². The summed E-state index contributed by atoms with van der Waals surface area (Å²) in [6.07, 6.45) is 6.09. The van der Waals surface area contributed by atoms with Gasteiger partial charge in [-0.2, -0.15) is 0 Å². The number of benzene rings is 1. The van der Waals surface area contributed by atoms with Crippen molar-refractivity contribution in [1.82, 2.24) is 15.3 Å². The van der Waals surface area contributed by atoms with Gasteiger partial charge >= 0.3 is 0 Å². The number of amides is 1. The molecule has 1 N–H and O–H groups in total. The summed E-state index contributed by atoms with van der Waals surface area (Å²) in [7, 11) is 0. The highest BCUT2D eigenvalue weighted by molar-refractivity contribution is 5.80. The molecule has 0 unspecified atom stereocenters. The van der Waals surface area contributed by atoms with E-state index in [-0.39, 0.29) is 17.9 Å². The van der Waals surface area contributed by atoms with Gasteiger partial charge in [-0.25, -0.2) is 9.97 Å². The predicted molar refractivity (Wildman–Crippen MR) is 94.5 cm³/mol. The van der Waals surface area contributed by atoms with Gasteiger partial charge in [0.15, 0.2) is 0 Å². The Labute approximate surface area is 147 Å². The highest BCUT2D eigenvalue weighted by Gasteiger charge is 2.29. The lowest BCUT2D eigenvalue weighted by atomic mass is 9.95. The number of anilines is 1. The van der Waals surface area contributed by atoms with E-state index in [1.165, 1.54) is 0 Å². The Balaban J connectivity index is 1.30. The van der Waals surface area contributed by atoms with Crippen LogP contribution in [-0.4, -0.2) is 41.6 Å². The molecular weight excluding hydrogens is 316 g/mol. The predicted octanol–water partition coefficient (Wildman–Crippen LogP) is 1.81. The van der Waals surface area contributed by atoms with Crippen LogP contribution in [0, 0.1) is 5.92 Å². The van der Waals surface area contributed by atoms with E-state index in [0.29, 0.717) is 6.61 Å². The molecule has 130 valence electrons. The van der Waals surface area contributed by atoms with E-state index < -0.39 is 0 Å². The van der Waals surface area contributed by atoms with Crippen LogP contribution in [0.15, 0.2) is 42.7 Å². The minimum Gasteiger partial charge on any atom is -0.492 e. The molecular formula is C19H22N4O2. The van der Waals surface area contributed by atoms with E-state index in [2.05, 4.69) is 20.2 Å². The lowest BCUT2D eigenvalue weighted by Crippen LogP contribution is -2.48. The van der Waals surface area contributed by atoms with E-state index >= 15 is 0 Å². The van der Waals surface area contributed by atoms with Crippen molar-refractivity contribution in [3.8, 4) is 5.75 Å². The average molecular weight is 338 g/mol. The molecule has 1 aromatic heterocycles. The number of nitrogens with one attached hydrogen (secondary N) is 1. The van der Waals surface area contributed by atoms with E-state index in [1.807, 2.05) is 30.3 Å². The molecule has 2 aliphatic rings. The van der Waals surface area contributed by atoms with Gasteiger partial charge in [0.1, 0.15) is 12.4 Å². The third-order valence-corrected chi connectivity index (χ3v) is 4.93. The Morgan fingerprint density at radius 3 is 2.68 bits per heavy atom. The van der Waals surface area contributed by atoms with Gasteiger partial charge < -0.3 is 15.0 Å². The van der Waals surface area contributed by atoms with Crippen molar-refractivity contribution in [3.05, 3.63) is 48.3 Å². The summed E-state index contributed by atoms with van der Waals surface area (Å²) in [6, 6.07) is 9.98. The molecule has 0 aliphatic carbocycles. The van der Waals surface area contributed by atoms with E-state index in [1.54, 1.807) is 12.4 Å². The number of fused-ring (bicyclic) bond motifs is 1. The van der Waals surface area contributed by atoms with Crippen molar-refractivity contribution >= 4 is 11.9 Å². The third-order valence-electron chi connectivity index (χ3n) is 4.93. The largest absolute Gasteiger partial charge is 0.492 e. The molecule has 4 rings (SSSR count). The van der Waals surface area contributed by atoms with Crippen molar-refractivity contribution in [2.24, 2.45) is 5.92 Å². The molecule has 3 heterocycles. The van der Waals surface area contributed by atoms with E-state index in [9.17, 15) is 4.79 Å². The normalized spacial score (nSPS) is 20.5. The van der Waals surface area contributed by atoms with Gasteiger partial charge in [0.25, 0.3) is 0 Å². The maximum atomic E-state index is 12.6. The smallest absolute Gasteiger partial charge is 0.227 e. The van der Waals surface area contributed by atoms with Gasteiger partial charge in [0, 0.05) is 31.5 Å². The van der Waals surface area contributed by atoms with Gasteiger partial charge in [-0.1, -0.05) is 18.2 Å². The van der Waals surface area contributed by atoms with Crippen LogP contribution in [0.3, 0.4) is 0 Å². The number of ether oxygens (including phenoxy) is 1. The number of carbonyl (C=O) groups is 1. The average Bonchev–Trinajstić information content (AvgIpc) is 2.69. The van der Waals surface area contributed by atoms with Crippen LogP contribution in [-0.2, 0) is 11.2 Å². The standard InChI is InChI=1S/C19H22N4O2/c24-18(15-12-14-4-1-2-5-17(14)25-13-15)22-16-6-10-23(11-7-16)19-20-8-3-9-21-19/h1-5,8-9,15-16H,6-7,10-13H2,(H,22,24)/t15-/m0/s1. The number of hydrogen-bond donors (Lipinski definition) is 1. The van der Waals surface area contributed by atoms with E-state index in [0.717, 1.165) is 49.6 Å². The molecule has 2 aliphatic heterocycles. The fourth-order valence-electron chi connectivity index (χ4n) is 3.49. The molecule has 0 spiro atoms. The topological polar surface area (TPSA) is 67.4 Å². The number of rotatable bonds is 3. The number of para-hydroxylation sites is 1. The zero-order valence-electron chi connectivity index (χ0n) is 14.1. The SMILES string of the molecule is O=C(NC1CCN(c2ncccn2)CC1)[C@@H]1COc2ccccc2C1. The van der Waals surface area contributed by atoms with Crippen molar-refractivity contribution in [2.45, 2.75) is 25.3 Å². The minimum atomic E-state index is -0.106. The van der Waals surface area contributed by atoms with Gasteiger partial charge in [-0.3, -0.25) is 4.79 Å². The molecule has 1 fully saturated rings. The molecule has 0 saturated carbocycles. The molecule has 0 bridgehead atoms. The first-order valence-electron chi connectivity index (χ1n) is 8.82. The third kappa shape index (κ3) is 3.57. The first-order chi connectivity index (χ1) is 12.3. The number of nitrogens with zero attached hydrogens (tertiary/aromatic N) is 3.